The number of aryl methyl sites for hydroxylation is 1. The Labute approximate surface area is 194 Å². The molecule has 2 aromatic carbocycles. The molecule has 164 valence electrons. The summed E-state index contributed by atoms with van der Waals surface area (Å²) >= 11 is 7.65. The largest absolute Gasteiger partial charge is 0.321 e. The molecule has 1 N–H and O–H groups in total. The number of nitrogens with one attached hydrogen (secondary N) is 1. The van der Waals surface area contributed by atoms with Crippen LogP contribution in [0.15, 0.2) is 53.8 Å². The Kier molecular flexibility index (Phi) is 6.23. The second kappa shape index (κ2) is 8.93. The molecule has 32 heavy (non-hydrogen) atoms. The van der Waals surface area contributed by atoms with Crippen LogP contribution in [0.5, 0.6) is 0 Å². The van der Waals surface area contributed by atoms with Crippen LogP contribution in [-0.4, -0.2) is 35.0 Å². The number of hydrogen-bond acceptors (Lipinski definition) is 7. The first-order valence-corrected chi connectivity index (χ1v) is 12.7. The minimum Gasteiger partial charge on any atom is -0.321 e. The molecular formula is C22H19ClN4O3S2. The molecule has 10 heteroatoms. The van der Waals surface area contributed by atoms with Crippen LogP contribution in [0.2, 0.25) is 5.02 Å². The summed E-state index contributed by atoms with van der Waals surface area (Å²) in [6, 6.07) is 13.3. The van der Waals surface area contributed by atoms with Gasteiger partial charge >= 0.3 is 0 Å². The molecule has 0 radical (unpaired) electrons. The van der Waals surface area contributed by atoms with Gasteiger partial charge in [0, 0.05) is 11.3 Å². The lowest BCUT2D eigenvalue weighted by atomic mass is 10.2. The summed E-state index contributed by atoms with van der Waals surface area (Å²) in [5, 5.41) is 3.14. The van der Waals surface area contributed by atoms with Crippen LogP contribution >= 0.6 is 22.9 Å². The fourth-order valence-electron chi connectivity index (χ4n) is 3.06. The Bertz CT molecular complexity index is 1420. The van der Waals surface area contributed by atoms with E-state index in [1.165, 1.54) is 5.56 Å². The Hall–Kier alpha value is -2.88. The lowest BCUT2D eigenvalue weighted by molar-refractivity contribution is 0.102. The zero-order valence-corrected chi connectivity index (χ0v) is 19.7. The number of nitrogens with zero attached hydrogens (tertiary/aromatic N) is 3. The minimum absolute atomic E-state index is 0.0284. The van der Waals surface area contributed by atoms with Crippen molar-refractivity contribution in [1.29, 1.82) is 0 Å². The quantitative estimate of drug-likeness (QED) is 0.378. The van der Waals surface area contributed by atoms with E-state index in [1.54, 1.807) is 30.4 Å². The van der Waals surface area contributed by atoms with E-state index in [1.807, 2.05) is 31.2 Å². The van der Waals surface area contributed by atoms with E-state index >= 15 is 0 Å². The number of carbonyl (C=O) groups is 1. The van der Waals surface area contributed by atoms with Gasteiger partial charge in [0.05, 0.1) is 27.2 Å². The van der Waals surface area contributed by atoms with Crippen LogP contribution in [0.25, 0.3) is 20.8 Å². The SMILES string of the molecule is CCCS(=O)(=O)c1ncc(Cl)c(C(=O)Nc2ccc(-c3nc4ccc(C)cc4s3)cc2)n1. The molecule has 0 atom stereocenters. The van der Waals surface area contributed by atoms with Crippen LogP contribution in [0.4, 0.5) is 5.69 Å². The molecule has 0 aliphatic heterocycles. The second-order valence-corrected chi connectivity index (χ2v) is 10.6. The van der Waals surface area contributed by atoms with E-state index in [0.29, 0.717) is 12.1 Å². The Morgan fingerprint density at radius 2 is 1.88 bits per heavy atom. The Morgan fingerprint density at radius 1 is 1.12 bits per heavy atom. The summed E-state index contributed by atoms with van der Waals surface area (Å²) < 4.78 is 25.6. The topological polar surface area (TPSA) is 102 Å². The van der Waals surface area contributed by atoms with Crippen molar-refractivity contribution in [2.24, 2.45) is 0 Å². The fourth-order valence-corrected chi connectivity index (χ4v) is 5.47. The molecular weight excluding hydrogens is 468 g/mol. The van der Waals surface area contributed by atoms with Crippen molar-refractivity contribution >= 4 is 54.6 Å². The predicted octanol–water partition coefficient (Wildman–Crippen LogP) is 5.15. The number of rotatable bonds is 6. The number of fused-ring (bicyclic) bond motifs is 1. The van der Waals surface area contributed by atoms with E-state index in [9.17, 15) is 13.2 Å². The van der Waals surface area contributed by atoms with Gasteiger partial charge in [0.1, 0.15) is 5.01 Å². The minimum atomic E-state index is -3.67. The lowest BCUT2D eigenvalue weighted by Gasteiger charge is -2.08. The molecule has 0 saturated heterocycles. The summed E-state index contributed by atoms with van der Waals surface area (Å²) in [7, 11) is -3.67. The maximum Gasteiger partial charge on any atom is 0.275 e. The van der Waals surface area contributed by atoms with Gasteiger partial charge in [-0.1, -0.05) is 24.6 Å². The number of amides is 1. The molecule has 0 fully saturated rings. The van der Waals surface area contributed by atoms with Gasteiger partial charge in [-0.3, -0.25) is 4.79 Å². The van der Waals surface area contributed by atoms with Gasteiger partial charge in [-0.05, 0) is 55.3 Å². The molecule has 0 saturated carbocycles. The maximum absolute atomic E-state index is 12.7. The highest BCUT2D eigenvalue weighted by Gasteiger charge is 2.22. The van der Waals surface area contributed by atoms with Crippen molar-refractivity contribution in [2.75, 3.05) is 11.1 Å². The Balaban J connectivity index is 1.55. The van der Waals surface area contributed by atoms with Crippen LogP contribution in [-0.2, 0) is 9.84 Å². The highest BCUT2D eigenvalue weighted by Crippen LogP contribution is 2.31. The van der Waals surface area contributed by atoms with Gasteiger partial charge in [-0.25, -0.2) is 23.4 Å². The lowest BCUT2D eigenvalue weighted by Crippen LogP contribution is -2.18. The average Bonchev–Trinajstić information content (AvgIpc) is 3.17. The van der Waals surface area contributed by atoms with E-state index in [2.05, 4.69) is 26.3 Å². The molecule has 4 aromatic rings. The van der Waals surface area contributed by atoms with Gasteiger partial charge < -0.3 is 5.32 Å². The van der Waals surface area contributed by atoms with E-state index in [4.69, 9.17) is 11.6 Å². The van der Waals surface area contributed by atoms with Crippen molar-refractivity contribution in [3.63, 3.8) is 0 Å². The first-order valence-electron chi connectivity index (χ1n) is 9.81. The monoisotopic (exact) mass is 486 g/mol. The number of benzene rings is 2. The first-order chi connectivity index (χ1) is 15.3. The van der Waals surface area contributed by atoms with E-state index < -0.39 is 20.9 Å². The van der Waals surface area contributed by atoms with Crippen LogP contribution in [0.1, 0.15) is 29.4 Å². The van der Waals surface area contributed by atoms with E-state index in [0.717, 1.165) is 27.0 Å². The van der Waals surface area contributed by atoms with Crippen LogP contribution < -0.4 is 5.32 Å². The number of thiazole rings is 1. The molecule has 0 unspecified atom stereocenters. The second-order valence-electron chi connectivity index (χ2n) is 7.19. The summed E-state index contributed by atoms with van der Waals surface area (Å²) in [6.07, 6.45) is 1.54. The normalized spacial score (nSPS) is 11.6. The molecule has 0 aliphatic carbocycles. The number of halogens is 1. The summed E-state index contributed by atoms with van der Waals surface area (Å²) in [6.45, 7) is 3.78. The average molecular weight is 487 g/mol. The van der Waals surface area contributed by atoms with Crippen molar-refractivity contribution < 1.29 is 13.2 Å². The van der Waals surface area contributed by atoms with Crippen LogP contribution in [0, 0.1) is 6.92 Å². The summed E-state index contributed by atoms with van der Waals surface area (Å²) in [5.41, 5.74) is 3.38. The summed E-state index contributed by atoms with van der Waals surface area (Å²) in [5.74, 6) is -0.726. The standard InChI is InChI=1S/C22H19ClN4O3S2/c1-3-10-32(29,30)22-24-12-16(23)19(27-22)20(28)25-15-7-5-14(6-8-15)21-26-17-9-4-13(2)11-18(17)31-21/h4-9,11-12H,3,10H2,1-2H3,(H,25,28). The van der Waals surface area contributed by atoms with E-state index in [-0.39, 0.29) is 16.5 Å². The molecule has 0 spiro atoms. The van der Waals surface area contributed by atoms with Gasteiger partial charge in [-0.2, -0.15) is 0 Å². The number of sulfone groups is 1. The molecule has 0 bridgehead atoms. The Morgan fingerprint density at radius 3 is 2.59 bits per heavy atom. The zero-order chi connectivity index (χ0) is 22.9. The fraction of sp³-hybridized carbons (Fsp3) is 0.182. The molecule has 1 amide bonds. The molecule has 4 rings (SSSR count). The highest BCUT2D eigenvalue weighted by molar-refractivity contribution is 7.91. The van der Waals surface area contributed by atoms with Crippen molar-refractivity contribution in [2.45, 2.75) is 25.4 Å². The number of hydrogen-bond donors (Lipinski definition) is 1. The van der Waals surface area contributed by atoms with Gasteiger partial charge in [0.2, 0.25) is 15.0 Å². The maximum atomic E-state index is 12.7. The molecule has 2 heterocycles. The van der Waals surface area contributed by atoms with Gasteiger partial charge in [-0.15, -0.1) is 11.3 Å². The molecule has 2 aromatic heterocycles. The first kappa shape index (κ1) is 22.3. The van der Waals surface area contributed by atoms with Gasteiger partial charge in [0.15, 0.2) is 5.69 Å². The number of carbonyl (C=O) groups excluding carboxylic acids is 1. The predicted molar refractivity (Wildman–Crippen MR) is 127 cm³/mol. The van der Waals surface area contributed by atoms with Crippen LogP contribution in [0.3, 0.4) is 0 Å². The van der Waals surface area contributed by atoms with Crippen molar-refractivity contribution in [3.8, 4) is 10.6 Å². The third-order valence-corrected chi connectivity index (χ3v) is 7.66. The smallest absolute Gasteiger partial charge is 0.275 e. The van der Waals surface area contributed by atoms with Crippen molar-refractivity contribution in [1.82, 2.24) is 15.0 Å². The third kappa shape index (κ3) is 4.64. The zero-order valence-electron chi connectivity index (χ0n) is 17.3. The highest BCUT2D eigenvalue weighted by atomic mass is 35.5. The third-order valence-electron chi connectivity index (χ3n) is 4.62. The summed E-state index contributed by atoms with van der Waals surface area (Å²) in [4.78, 5) is 25.0. The molecule has 0 aliphatic rings. The van der Waals surface area contributed by atoms with Crippen molar-refractivity contribution in [3.05, 3.63) is 64.9 Å². The molecule has 7 nitrogen and oxygen atoms in total. The number of aromatic nitrogens is 3. The van der Waals surface area contributed by atoms with Gasteiger partial charge in [0.25, 0.3) is 5.91 Å². The number of anilines is 1.